The molecule has 3 aromatic heterocycles. The number of amides is 1. The maximum atomic E-state index is 13.4. The summed E-state index contributed by atoms with van der Waals surface area (Å²) in [5.41, 5.74) is 2.34. The van der Waals surface area contributed by atoms with Crippen molar-refractivity contribution < 1.29 is 4.79 Å². The summed E-state index contributed by atoms with van der Waals surface area (Å²) in [6.07, 6.45) is 2.52. The number of likely N-dealkylation sites (tertiary alicyclic amines) is 1. The molecule has 1 aliphatic rings. The summed E-state index contributed by atoms with van der Waals surface area (Å²) in [4.78, 5) is 32.7. The van der Waals surface area contributed by atoms with E-state index >= 15 is 0 Å². The third-order valence-electron chi connectivity index (χ3n) is 5.71. The number of rotatable bonds is 5. The molecule has 31 heavy (non-hydrogen) atoms. The van der Waals surface area contributed by atoms with Crippen molar-refractivity contribution in [2.24, 2.45) is 7.05 Å². The molecule has 1 saturated heterocycles. The van der Waals surface area contributed by atoms with Crippen molar-refractivity contribution in [1.82, 2.24) is 24.6 Å². The van der Waals surface area contributed by atoms with Gasteiger partial charge in [0.15, 0.2) is 0 Å². The fourth-order valence-corrected chi connectivity index (χ4v) is 4.65. The Bertz CT molecular complexity index is 1180. The van der Waals surface area contributed by atoms with Gasteiger partial charge >= 0.3 is 0 Å². The molecule has 1 aliphatic heterocycles. The van der Waals surface area contributed by atoms with E-state index < -0.39 is 0 Å². The zero-order valence-corrected chi connectivity index (χ0v) is 19.0. The zero-order chi connectivity index (χ0) is 22.1. The van der Waals surface area contributed by atoms with E-state index in [0.717, 1.165) is 35.7 Å². The van der Waals surface area contributed by atoms with Gasteiger partial charge in [-0.05, 0) is 56.9 Å². The highest BCUT2D eigenvalue weighted by Crippen LogP contribution is 2.33. The molecule has 0 radical (unpaired) electrons. The van der Waals surface area contributed by atoms with Crippen LogP contribution in [0.1, 0.15) is 58.1 Å². The van der Waals surface area contributed by atoms with Crippen molar-refractivity contribution in [1.29, 1.82) is 0 Å². The summed E-state index contributed by atoms with van der Waals surface area (Å²) in [6, 6.07) is 7.44. The molecule has 0 aliphatic carbocycles. The van der Waals surface area contributed by atoms with E-state index in [1.54, 1.807) is 11.9 Å². The number of carbonyl (C=O) groups excluding carboxylic acids is 1. The fourth-order valence-electron chi connectivity index (χ4n) is 3.96. The van der Waals surface area contributed by atoms with Crippen LogP contribution in [0.25, 0.3) is 0 Å². The van der Waals surface area contributed by atoms with E-state index in [9.17, 15) is 9.59 Å². The average Bonchev–Trinajstić information content (AvgIpc) is 3.42. The van der Waals surface area contributed by atoms with Crippen molar-refractivity contribution >= 4 is 28.2 Å². The Labute approximate surface area is 185 Å². The zero-order valence-electron chi connectivity index (χ0n) is 18.2. The minimum Gasteiger partial charge on any atom is -0.330 e. The van der Waals surface area contributed by atoms with Gasteiger partial charge in [0.05, 0.1) is 11.7 Å². The lowest BCUT2D eigenvalue weighted by Crippen LogP contribution is -2.37. The van der Waals surface area contributed by atoms with Gasteiger partial charge in [-0.1, -0.05) is 24.3 Å². The van der Waals surface area contributed by atoms with Gasteiger partial charge in [-0.15, -0.1) is 10.2 Å². The van der Waals surface area contributed by atoms with Crippen LogP contribution in [-0.4, -0.2) is 37.1 Å². The molecule has 0 saturated carbocycles. The molecule has 162 valence electrons. The lowest BCUT2D eigenvalue weighted by atomic mass is 10.1. The van der Waals surface area contributed by atoms with E-state index in [2.05, 4.69) is 15.5 Å². The third kappa shape index (κ3) is 4.10. The van der Waals surface area contributed by atoms with E-state index in [-0.39, 0.29) is 23.1 Å². The number of carbonyl (C=O) groups is 1. The summed E-state index contributed by atoms with van der Waals surface area (Å²) in [7, 11) is 1.70. The first-order chi connectivity index (χ1) is 14.9. The minimum absolute atomic E-state index is 0.166. The first-order valence-corrected chi connectivity index (χ1v) is 11.2. The van der Waals surface area contributed by atoms with Gasteiger partial charge in [-0.2, -0.15) is 0 Å². The van der Waals surface area contributed by atoms with Crippen LogP contribution in [0.4, 0.5) is 10.9 Å². The van der Waals surface area contributed by atoms with Crippen LogP contribution in [0.15, 0.2) is 29.1 Å². The van der Waals surface area contributed by atoms with Crippen LogP contribution in [0.5, 0.6) is 0 Å². The quantitative estimate of drug-likeness (QED) is 0.655. The smallest absolute Gasteiger partial charge is 0.263 e. The van der Waals surface area contributed by atoms with Gasteiger partial charge in [-0.3, -0.25) is 9.59 Å². The second kappa shape index (κ2) is 8.58. The topological polar surface area (TPSA) is 93.0 Å². The number of pyridine rings is 2. The van der Waals surface area contributed by atoms with Crippen LogP contribution in [-0.2, 0) is 13.5 Å². The van der Waals surface area contributed by atoms with E-state index in [1.807, 2.05) is 45.0 Å². The molecule has 0 spiro atoms. The predicted octanol–water partition coefficient (Wildman–Crippen LogP) is 3.53. The first-order valence-electron chi connectivity index (χ1n) is 10.4. The normalized spacial score (nSPS) is 16.0. The highest BCUT2D eigenvalue weighted by atomic mass is 32.1. The first kappa shape index (κ1) is 21.2. The van der Waals surface area contributed by atoms with Crippen LogP contribution in [0.2, 0.25) is 0 Å². The Morgan fingerprint density at radius 3 is 2.84 bits per heavy atom. The predicted molar refractivity (Wildman–Crippen MR) is 121 cm³/mol. The van der Waals surface area contributed by atoms with Crippen LogP contribution in [0, 0.1) is 13.8 Å². The van der Waals surface area contributed by atoms with E-state index in [4.69, 9.17) is 4.98 Å². The number of nitrogens with zero attached hydrogens (tertiary/aromatic N) is 5. The van der Waals surface area contributed by atoms with Crippen molar-refractivity contribution in [3.8, 4) is 0 Å². The molecule has 0 aromatic carbocycles. The van der Waals surface area contributed by atoms with Gasteiger partial charge in [-0.25, -0.2) is 4.98 Å². The highest BCUT2D eigenvalue weighted by molar-refractivity contribution is 7.15. The lowest BCUT2D eigenvalue weighted by molar-refractivity contribution is 0.0729. The van der Waals surface area contributed by atoms with Crippen molar-refractivity contribution in [2.75, 3.05) is 11.9 Å². The largest absolute Gasteiger partial charge is 0.330 e. The number of aryl methyl sites for hydroxylation is 3. The molecule has 1 N–H and O–H groups in total. The Morgan fingerprint density at radius 1 is 1.29 bits per heavy atom. The molecule has 9 heteroatoms. The van der Waals surface area contributed by atoms with Gasteiger partial charge < -0.3 is 14.8 Å². The van der Waals surface area contributed by atoms with Gasteiger partial charge in [0.25, 0.3) is 11.5 Å². The molecule has 4 rings (SSSR count). The molecule has 8 nitrogen and oxygen atoms in total. The van der Waals surface area contributed by atoms with Gasteiger partial charge in [0.2, 0.25) is 5.13 Å². The Balaban J connectivity index is 1.61. The summed E-state index contributed by atoms with van der Waals surface area (Å²) in [5, 5.41) is 13.1. The minimum atomic E-state index is -0.250. The van der Waals surface area contributed by atoms with E-state index in [0.29, 0.717) is 23.1 Å². The second-order valence-corrected chi connectivity index (χ2v) is 8.85. The molecular weight excluding hydrogens is 412 g/mol. The third-order valence-corrected chi connectivity index (χ3v) is 6.69. The maximum absolute atomic E-state index is 13.4. The maximum Gasteiger partial charge on any atom is 0.263 e. The molecule has 4 heterocycles. The fraction of sp³-hybridized carbons (Fsp3) is 0.409. The summed E-state index contributed by atoms with van der Waals surface area (Å²) >= 11 is 1.50. The van der Waals surface area contributed by atoms with Crippen LogP contribution in [0.3, 0.4) is 0 Å². The number of anilines is 2. The van der Waals surface area contributed by atoms with Crippen LogP contribution < -0.4 is 10.9 Å². The number of aromatic nitrogens is 4. The van der Waals surface area contributed by atoms with Crippen molar-refractivity contribution in [3.63, 3.8) is 0 Å². The van der Waals surface area contributed by atoms with Crippen molar-refractivity contribution in [2.45, 2.75) is 46.1 Å². The number of hydrogen-bond acceptors (Lipinski definition) is 7. The summed E-state index contributed by atoms with van der Waals surface area (Å²) in [6.45, 7) is 6.33. The Kier molecular flexibility index (Phi) is 5.86. The Hall–Kier alpha value is -3.07. The average molecular weight is 439 g/mol. The SMILES string of the molecule is CCc1nnc(Nc2cccc(C3CCCN3C(=O)c3c(C)cc(C)n(C)c3=O)n2)s1. The monoisotopic (exact) mass is 438 g/mol. The standard InChI is InChI=1S/C22H26N6O2S/c1-5-18-25-26-22(31-18)24-17-10-6-8-15(23-17)16-9-7-11-28(16)21(30)19-13(2)12-14(3)27(4)20(19)29/h6,8,10,12,16H,5,7,9,11H2,1-4H3,(H,23,24,26). The van der Waals surface area contributed by atoms with Gasteiger partial charge in [0, 0.05) is 19.3 Å². The van der Waals surface area contributed by atoms with Gasteiger partial charge in [0.1, 0.15) is 16.4 Å². The van der Waals surface area contributed by atoms with Crippen LogP contribution >= 0.6 is 11.3 Å². The molecule has 0 bridgehead atoms. The molecule has 1 amide bonds. The molecule has 1 unspecified atom stereocenters. The highest BCUT2D eigenvalue weighted by Gasteiger charge is 2.33. The number of hydrogen-bond donors (Lipinski definition) is 1. The number of nitrogens with one attached hydrogen (secondary N) is 1. The molecule has 1 fully saturated rings. The molecule has 3 aromatic rings. The molecule has 1 atom stereocenters. The Morgan fingerprint density at radius 2 is 2.10 bits per heavy atom. The summed E-state index contributed by atoms with van der Waals surface area (Å²) < 4.78 is 1.53. The molecular formula is C22H26N6O2S. The van der Waals surface area contributed by atoms with Crippen molar-refractivity contribution in [3.05, 3.63) is 62.1 Å². The summed E-state index contributed by atoms with van der Waals surface area (Å²) in [5.74, 6) is 0.440. The van der Waals surface area contributed by atoms with E-state index in [1.165, 1.54) is 15.9 Å². The second-order valence-electron chi connectivity index (χ2n) is 7.79. The lowest BCUT2D eigenvalue weighted by Gasteiger charge is -2.25.